The van der Waals surface area contributed by atoms with Crippen molar-refractivity contribution in [1.29, 1.82) is 0 Å². The number of hydrogen-bond donors (Lipinski definition) is 2. The third-order valence-electron chi connectivity index (χ3n) is 5.30. The Hall–Kier alpha value is -2.28. The number of piperazine rings is 1. The molecular formula is C18H26N4O3. The first-order valence-corrected chi connectivity index (χ1v) is 8.85. The third kappa shape index (κ3) is 3.56. The lowest BCUT2D eigenvalue weighted by Gasteiger charge is -2.48. The quantitative estimate of drug-likeness (QED) is 0.809. The molecule has 7 heteroatoms. The van der Waals surface area contributed by atoms with E-state index in [0.717, 1.165) is 31.5 Å². The number of hydrogen-bond acceptors (Lipinski definition) is 4. The summed E-state index contributed by atoms with van der Waals surface area (Å²) in [7, 11) is 0. The van der Waals surface area contributed by atoms with E-state index in [4.69, 9.17) is 5.73 Å². The lowest BCUT2D eigenvalue weighted by atomic mass is 10.1. The number of carboxylic acid groups (broad SMARTS) is 1. The number of carbonyl (C=O) groups excluding carboxylic acids is 1. The summed E-state index contributed by atoms with van der Waals surface area (Å²) >= 11 is 0. The number of nitrogen functional groups attached to an aromatic ring is 1. The molecular weight excluding hydrogens is 320 g/mol. The van der Waals surface area contributed by atoms with Gasteiger partial charge in [-0.25, -0.2) is 4.79 Å². The molecule has 2 unspecified atom stereocenters. The van der Waals surface area contributed by atoms with Crippen molar-refractivity contribution in [3.63, 3.8) is 0 Å². The topological polar surface area (TPSA) is 90.1 Å². The Morgan fingerprint density at radius 3 is 2.40 bits per heavy atom. The number of para-hydroxylation sites is 1. The van der Waals surface area contributed by atoms with Crippen LogP contribution in [0.15, 0.2) is 24.3 Å². The number of amides is 2. The molecule has 2 heterocycles. The van der Waals surface area contributed by atoms with Crippen LogP contribution >= 0.6 is 0 Å². The summed E-state index contributed by atoms with van der Waals surface area (Å²) in [5, 5.41) is 9.45. The zero-order valence-electron chi connectivity index (χ0n) is 14.6. The van der Waals surface area contributed by atoms with Crippen molar-refractivity contribution >= 4 is 17.7 Å². The van der Waals surface area contributed by atoms with E-state index in [1.54, 1.807) is 6.07 Å². The molecule has 1 aromatic rings. The second-order valence-electron chi connectivity index (χ2n) is 6.84. The molecule has 2 aliphatic rings. The molecule has 0 spiro atoms. The maximum absolute atomic E-state index is 13.0. The van der Waals surface area contributed by atoms with Gasteiger partial charge < -0.3 is 20.6 Å². The molecule has 0 bridgehead atoms. The normalized spacial score (nSPS) is 24.5. The molecule has 2 saturated heterocycles. The van der Waals surface area contributed by atoms with Crippen LogP contribution in [-0.2, 0) is 11.2 Å². The highest BCUT2D eigenvalue weighted by Crippen LogP contribution is 2.25. The van der Waals surface area contributed by atoms with Gasteiger partial charge in [-0.2, -0.15) is 0 Å². The summed E-state index contributed by atoms with van der Waals surface area (Å²) in [6, 6.07) is 7.15. The van der Waals surface area contributed by atoms with Gasteiger partial charge in [0.2, 0.25) is 5.91 Å². The average molecular weight is 346 g/mol. The standard InChI is InChI=1S/C18H26N4O3/c1-13-17(20-8-4-5-9-20)22(11-10-21(13)18(24)25)16(23)12-14-6-2-3-7-15(14)19/h2-3,6-7,13,17H,4-5,8-12,19H2,1H3,(H,24,25). The molecule has 0 aliphatic carbocycles. The van der Waals surface area contributed by atoms with Crippen molar-refractivity contribution in [3.8, 4) is 0 Å². The van der Waals surface area contributed by atoms with Gasteiger partial charge in [0, 0.05) is 31.9 Å². The summed E-state index contributed by atoms with van der Waals surface area (Å²) in [4.78, 5) is 30.1. The first-order valence-electron chi connectivity index (χ1n) is 8.85. The van der Waals surface area contributed by atoms with Crippen molar-refractivity contribution in [2.24, 2.45) is 0 Å². The highest BCUT2D eigenvalue weighted by molar-refractivity contribution is 5.81. The molecule has 1 aromatic carbocycles. The van der Waals surface area contributed by atoms with E-state index in [1.807, 2.05) is 30.0 Å². The lowest BCUT2D eigenvalue weighted by Crippen LogP contribution is -2.66. The molecule has 7 nitrogen and oxygen atoms in total. The molecule has 2 atom stereocenters. The first kappa shape index (κ1) is 17.5. The van der Waals surface area contributed by atoms with Gasteiger partial charge in [0.25, 0.3) is 0 Å². The molecule has 136 valence electrons. The van der Waals surface area contributed by atoms with Crippen LogP contribution in [0.25, 0.3) is 0 Å². The van der Waals surface area contributed by atoms with Crippen molar-refractivity contribution in [3.05, 3.63) is 29.8 Å². The fourth-order valence-corrected chi connectivity index (χ4v) is 3.98. The Morgan fingerprint density at radius 2 is 1.76 bits per heavy atom. The predicted octanol–water partition coefficient (Wildman–Crippen LogP) is 1.44. The molecule has 2 aliphatic heterocycles. The van der Waals surface area contributed by atoms with Crippen LogP contribution < -0.4 is 5.73 Å². The number of nitrogens with zero attached hydrogens (tertiary/aromatic N) is 3. The Morgan fingerprint density at radius 1 is 1.12 bits per heavy atom. The minimum atomic E-state index is -0.920. The van der Waals surface area contributed by atoms with Crippen LogP contribution in [0, 0.1) is 0 Å². The first-order chi connectivity index (χ1) is 12.0. The van der Waals surface area contributed by atoms with Gasteiger partial charge in [-0.05, 0) is 31.4 Å². The fraction of sp³-hybridized carbons (Fsp3) is 0.556. The van der Waals surface area contributed by atoms with Crippen molar-refractivity contribution in [2.75, 3.05) is 31.9 Å². The van der Waals surface area contributed by atoms with Crippen LogP contribution in [0.3, 0.4) is 0 Å². The molecule has 3 rings (SSSR count). The monoisotopic (exact) mass is 346 g/mol. The summed E-state index contributed by atoms with van der Waals surface area (Å²) in [5.74, 6) is 0.00619. The predicted molar refractivity (Wildman–Crippen MR) is 95.1 cm³/mol. The number of likely N-dealkylation sites (tertiary alicyclic amines) is 1. The minimum Gasteiger partial charge on any atom is -0.465 e. The van der Waals surface area contributed by atoms with Crippen molar-refractivity contribution in [2.45, 2.75) is 38.4 Å². The zero-order chi connectivity index (χ0) is 18.0. The van der Waals surface area contributed by atoms with Gasteiger partial charge in [-0.3, -0.25) is 9.69 Å². The fourth-order valence-electron chi connectivity index (χ4n) is 3.98. The van der Waals surface area contributed by atoms with Gasteiger partial charge in [-0.15, -0.1) is 0 Å². The minimum absolute atomic E-state index is 0.00619. The van der Waals surface area contributed by atoms with Crippen molar-refractivity contribution < 1.29 is 14.7 Å². The summed E-state index contributed by atoms with van der Waals surface area (Å²) in [5.41, 5.74) is 7.41. The Kier molecular flexibility index (Phi) is 5.13. The molecule has 0 saturated carbocycles. The second kappa shape index (κ2) is 7.31. The van der Waals surface area contributed by atoms with E-state index in [-0.39, 0.29) is 24.5 Å². The smallest absolute Gasteiger partial charge is 0.407 e. The third-order valence-corrected chi connectivity index (χ3v) is 5.30. The Bertz CT molecular complexity index is 645. The summed E-state index contributed by atoms with van der Waals surface area (Å²) < 4.78 is 0. The maximum Gasteiger partial charge on any atom is 0.407 e. The number of benzene rings is 1. The van der Waals surface area contributed by atoms with E-state index >= 15 is 0 Å². The van der Waals surface area contributed by atoms with Gasteiger partial charge >= 0.3 is 6.09 Å². The van der Waals surface area contributed by atoms with Gasteiger partial charge in [0.1, 0.15) is 6.17 Å². The highest BCUT2D eigenvalue weighted by atomic mass is 16.4. The Balaban J connectivity index is 1.81. The van der Waals surface area contributed by atoms with E-state index < -0.39 is 6.09 Å². The Labute approximate surface area is 148 Å². The average Bonchev–Trinajstić information content (AvgIpc) is 3.10. The van der Waals surface area contributed by atoms with Gasteiger partial charge in [0.05, 0.1) is 12.5 Å². The van der Waals surface area contributed by atoms with Crippen molar-refractivity contribution in [1.82, 2.24) is 14.7 Å². The largest absolute Gasteiger partial charge is 0.465 e. The van der Waals surface area contributed by atoms with E-state index in [2.05, 4.69) is 4.90 Å². The molecule has 3 N–H and O–H groups in total. The van der Waals surface area contributed by atoms with Crippen LogP contribution in [0.1, 0.15) is 25.3 Å². The lowest BCUT2D eigenvalue weighted by molar-refractivity contribution is -0.143. The zero-order valence-corrected chi connectivity index (χ0v) is 14.6. The molecule has 2 fully saturated rings. The van der Waals surface area contributed by atoms with E-state index in [1.165, 1.54) is 4.90 Å². The van der Waals surface area contributed by atoms with Crippen LogP contribution in [0.5, 0.6) is 0 Å². The van der Waals surface area contributed by atoms with E-state index in [9.17, 15) is 14.7 Å². The van der Waals surface area contributed by atoms with Crippen LogP contribution in [-0.4, -0.2) is 70.2 Å². The maximum atomic E-state index is 13.0. The van der Waals surface area contributed by atoms with Gasteiger partial charge in [-0.1, -0.05) is 18.2 Å². The SMILES string of the molecule is CC1C(N2CCCC2)N(C(=O)Cc2ccccc2N)CCN1C(=O)O. The number of nitrogens with two attached hydrogens (primary N) is 1. The highest BCUT2D eigenvalue weighted by Gasteiger charge is 2.42. The summed E-state index contributed by atoms with van der Waals surface area (Å²) in [6.45, 7) is 4.47. The van der Waals surface area contributed by atoms with E-state index in [0.29, 0.717) is 18.8 Å². The number of rotatable bonds is 3. The molecule has 0 radical (unpaired) electrons. The second-order valence-corrected chi connectivity index (χ2v) is 6.84. The molecule has 2 amide bonds. The van der Waals surface area contributed by atoms with Crippen LogP contribution in [0.4, 0.5) is 10.5 Å². The molecule has 0 aromatic heterocycles. The summed E-state index contributed by atoms with van der Waals surface area (Å²) in [6.07, 6.45) is 1.30. The number of anilines is 1. The van der Waals surface area contributed by atoms with Crippen LogP contribution in [0.2, 0.25) is 0 Å². The molecule has 25 heavy (non-hydrogen) atoms. The van der Waals surface area contributed by atoms with Gasteiger partial charge in [0.15, 0.2) is 0 Å². The number of carbonyl (C=O) groups is 2.